The molecule has 0 aliphatic carbocycles. The number of nitrogens with one attached hydrogen (secondary N) is 1. The summed E-state index contributed by atoms with van der Waals surface area (Å²) < 4.78 is 11.0. The Morgan fingerprint density at radius 3 is 2.62 bits per heavy atom. The summed E-state index contributed by atoms with van der Waals surface area (Å²) in [4.78, 5) is 11.6. The molecular formula is C16H22N2O3. The number of benzene rings is 1. The number of carbonyl (C=O) groups excluding carboxylic acids is 1. The van der Waals surface area contributed by atoms with Gasteiger partial charge in [0.2, 0.25) is 5.91 Å². The molecular weight excluding hydrogens is 268 g/mol. The summed E-state index contributed by atoms with van der Waals surface area (Å²) in [7, 11) is 1.59. The van der Waals surface area contributed by atoms with Crippen LogP contribution in [-0.4, -0.2) is 25.2 Å². The molecule has 0 aliphatic heterocycles. The minimum atomic E-state index is -0.464. The zero-order valence-electron chi connectivity index (χ0n) is 13.0. The summed E-state index contributed by atoms with van der Waals surface area (Å²) in [6.45, 7) is 5.56. The van der Waals surface area contributed by atoms with Gasteiger partial charge in [-0.3, -0.25) is 4.79 Å². The molecule has 1 rings (SSSR count). The van der Waals surface area contributed by atoms with Crippen LogP contribution >= 0.6 is 0 Å². The van der Waals surface area contributed by atoms with E-state index in [1.54, 1.807) is 14.0 Å². The van der Waals surface area contributed by atoms with Gasteiger partial charge in [-0.25, -0.2) is 0 Å². The second-order valence-corrected chi connectivity index (χ2v) is 5.07. The maximum atomic E-state index is 11.6. The average Bonchev–Trinajstić information content (AvgIpc) is 2.45. The SMILES string of the molecule is COc1cc(CCC(=O)NC(C)C#N)ccc1OC(C)C. The molecule has 114 valence electrons. The smallest absolute Gasteiger partial charge is 0.221 e. The number of nitrogens with zero attached hydrogens (tertiary/aromatic N) is 1. The molecule has 21 heavy (non-hydrogen) atoms. The molecule has 0 aromatic heterocycles. The fourth-order valence-corrected chi connectivity index (χ4v) is 1.82. The fraction of sp³-hybridized carbons (Fsp3) is 0.500. The fourth-order valence-electron chi connectivity index (χ4n) is 1.82. The first-order valence-corrected chi connectivity index (χ1v) is 6.98. The summed E-state index contributed by atoms with van der Waals surface area (Å²) >= 11 is 0. The van der Waals surface area contributed by atoms with Gasteiger partial charge in [0.15, 0.2) is 11.5 Å². The third-order valence-electron chi connectivity index (χ3n) is 2.80. The molecule has 0 spiro atoms. The van der Waals surface area contributed by atoms with Gasteiger partial charge in [-0.15, -0.1) is 0 Å². The summed E-state index contributed by atoms with van der Waals surface area (Å²) in [5, 5.41) is 11.3. The van der Waals surface area contributed by atoms with E-state index in [0.29, 0.717) is 24.3 Å². The normalized spacial score (nSPS) is 11.6. The highest BCUT2D eigenvalue weighted by atomic mass is 16.5. The maximum Gasteiger partial charge on any atom is 0.221 e. The Balaban J connectivity index is 2.64. The van der Waals surface area contributed by atoms with Gasteiger partial charge < -0.3 is 14.8 Å². The van der Waals surface area contributed by atoms with Crippen molar-refractivity contribution in [3.8, 4) is 17.6 Å². The van der Waals surface area contributed by atoms with Crippen molar-refractivity contribution in [3.05, 3.63) is 23.8 Å². The first-order chi connectivity index (χ1) is 9.96. The third kappa shape index (κ3) is 5.74. The van der Waals surface area contributed by atoms with Crippen LogP contribution in [-0.2, 0) is 11.2 Å². The highest BCUT2D eigenvalue weighted by molar-refractivity contribution is 5.76. The molecule has 0 fully saturated rings. The molecule has 1 aromatic rings. The molecule has 0 radical (unpaired) electrons. The second kappa shape index (κ2) is 8.15. The molecule has 0 bridgehead atoms. The van der Waals surface area contributed by atoms with Crippen molar-refractivity contribution in [2.24, 2.45) is 0 Å². The van der Waals surface area contributed by atoms with E-state index in [1.807, 2.05) is 38.1 Å². The lowest BCUT2D eigenvalue weighted by Crippen LogP contribution is -2.31. The van der Waals surface area contributed by atoms with E-state index >= 15 is 0 Å². The topological polar surface area (TPSA) is 71.3 Å². The van der Waals surface area contributed by atoms with Crippen LogP contribution in [0.15, 0.2) is 18.2 Å². The van der Waals surface area contributed by atoms with Gasteiger partial charge in [0, 0.05) is 6.42 Å². The van der Waals surface area contributed by atoms with Crippen LogP contribution < -0.4 is 14.8 Å². The van der Waals surface area contributed by atoms with E-state index in [2.05, 4.69) is 5.32 Å². The largest absolute Gasteiger partial charge is 0.493 e. The highest BCUT2D eigenvalue weighted by Crippen LogP contribution is 2.29. The Morgan fingerprint density at radius 2 is 2.05 bits per heavy atom. The molecule has 5 heteroatoms. The van der Waals surface area contributed by atoms with Crippen molar-refractivity contribution in [2.45, 2.75) is 45.8 Å². The van der Waals surface area contributed by atoms with Crippen LogP contribution in [0, 0.1) is 11.3 Å². The Bertz CT molecular complexity index is 521. The number of aryl methyl sites for hydroxylation is 1. The van der Waals surface area contributed by atoms with Crippen LogP contribution in [0.4, 0.5) is 0 Å². The maximum absolute atomic E-state index is 11.6. The molecule has 1 N–H and O–H groups in total. The van der Waals surface area contributed by atoms with Crippen LogP contribution in [0.2, 0.25) is 0 Å². The number of hydrogen-bond acceptors (Lipinski definition) is 4. The molecule has 0 saturated carbocycles. The molecule has 1 aromatic carbocycles. The molecule has 5 nitrogen and oxygen atoms in total. The Labute approximate surface area is 125 Å². The van der Waals surface area contributed by atoms with Crippen LogP contribution in [0.5, 0.6) is 11.5 Å². The summed E-state index contributed by atoms with van der Waals surface area (Å²) in [6, 6.07) is 7.15. The highest BCUT2D eigenvalue weighted by Gasteiger charge is 2.10. The van der Waals surface area contributed by atoms with E-state index in [-0.39, 0.29) is 12.0 Å². The van der Waals surface area contributed by atoms with Crippen molar-refractivity contribution in [1.29, 1.82) is 5.26 Å². The number of ether oxygens (including phenoxy) is 2. The van der Waals surface area contributed by atoms with Gasteiger partial charge in [-0.2, -0.15) is 5.26 Å². The lowest BCUT2D eigenvalue weighted by atomic mass is 10.1. The van der Waals surface area contributed by atoms with Crippen molar-refractivity contribution >= 4 is 5.91 Å². The molecule has 0 heterocycles. The molecule has 0 saturated heterocycles. The quantitative estimate of drug-likeness (QED) is 0.837. The minimum Gasteiger partial charge on any atom is -0.493 e. The number of amides is 1. The molecule has 1 atom stereocenters. The van der Waals surface area contributed by atoms with Gasteiger partial charge in [-0.1, -0.05) is 6.07 Å². The van der Waals surface area contributed by atoms with Gasteiger partial charge >= 0.3 is 0 Å². The van der Waals surface area contributed by atoms with E-state index < -0.39 is 6.04 Å². The summed E-state index contributed by atoms with van der Waals surface area (Å²) in [5.74, 6) is 1.22. The number of carbonyl (C=O) groups is 1. The summed E-state index contributed by atoms with van der Waals surface area (Å²) in [5.41, 5.74) is 0.989. The Morgan fingerprint density at radius 1 is 1.33 bits per heavy atom. The predicted molar refractivity (Wildman–Crippen MR) is 80.3 cm³/mol. The lowest BCUT2D eigenvalue weighted by molar-refractivity contribution is -0.121. The van der Waals surface area contributed by atoms with Crippen LogP contribution in [0.1, 0.15) is 32.8 Å². The molecule has 1 amide bonds. The van der Waals surface area contributed by atoms with Gasteiger partial charge in [0.1, 0.15) is 6.04 Å². The standard InChI is InChI=1S/C16H22N2O3/c1-11(2)21-14-7-5-13(9-15(14)20-4)6-8-16(19)18-12(3)10-17/h5,7,9,11-12H,6,8H2,1-4H3,(H,18,19). The van der Waals surface area contributed by atoms with Crippen LogP contribution in [0.25, 0.3) is 0 Å². The summed E-state index contributed by atoms with van der Waals surface area (Å²) in [6.07, 6.45) is 0.991. The number of hydrogen-bond donors (Lipinski definition) is 1. The van der Waals surface area contributed by atoms with Crippen molar-refractivity contribution < 1.29 is 14.3 Å². The second-order valence-electron chi connectivity index (χ2n) is 5.07. The van der Waals surface area contributed by atoms with E-state index in [0.717, 1.165) is 5.56 Å². The number of rotatable bonds is 7. The number of nitriles is 1. The van der Waals surface area contributed by atoms with Crippen molar-refractivity contribution in [1.82, 2.24) is 5.32 Å². The van der Waals surface area contributed by atoms with Crippen molar-refractivity contribution in [3.63, 3.8) is 0 Å². The van der Waals surface area contributed by atoms with Gasteiger partial charge in [0.05, 0.1) is 19.3 Å². The zero-order valence-corrected chi connectivity index (χ0v) is 13.0. The lowest BCUT2D eigenvalue weighted by Gasteiger charge is -2.14. The first-order valence-electron chi connectivity index (χ1n) is 6.98. The molecule has 1 unspecified atom stereocenters. The molecule has 0 aliphatic rings. The third-order valence-corrected chi connectivity index (χ3v) is 2.80. The van der Waals surface area contributed by atoms with E-state index in [9.17, 15) is 4.79 Å². The van der Waals surface area contributed by atoms with Crippen LogP contribution in [0.3, 0.4) is 0 Å². The van der Waals surface area contributed by atoms with Gasteiger partial charge in [-0.05, 0) is 44.9 Å². The monoisotopic (exact) mass is 290 g/mol. The van der Waals surface area contributed by atoms with E-state index in [4.69, 9.17) is 14.7 Å². The zero-order chi connectivity index (χ0) is 15.8. The Kier molecular flexibility index (Phi) is 6.54. The van der Waals surface area contributed by atoms with E-state index in [1.165, 1.54) is 0 Å². The average molecular weight is 290 g/mol. The number of methoxy groups -OCH3 is 1. The minimum absolute atomic E-state index is 0.0722. The first kappa shape index (κ1) is 16.8. The van der Waals surface area contributed by atoms with Crippen molar-refractivity contribution in [2.75, 3.05) is 7.11 Å². The van der Waals surface area contributed by atoms with Gasteiger partial charge in [0.25, 0.3) is 0 Å². The predicted octanol–water partition coefficient (Wildman–Crippen LogP) is 2.44. The Hall–Kier alpha value is -2.22.